The number of aromatic nitrogens is 7. The molecule has 4 aromatic rings. The first kappa shape index (κ1) is 13.6. The molecule has 4 rings (SSSR count). The second kappa shape index (κ2) is 5.62. The lowest BCUT2D eigenvalue weighted by Crippen LogP contribution is -1.90. The van der Waals surface area contributed by atoms with E-state index in [0.29, 0.717) is 10.8 Å². The molecule has 0 bridgehead atoms. The summed E-state index contributed by atoms with van der Waals surface area (Å²) in [4.78, 5) is 0. The highest BCUT2D eigenvalue weighted by Gasteiger charge is 2.09. The summed E-state index contributed by atoms with van der Waals surface area (Å²) in [5, 5.41) is 22.1. The van der Waals surface area contributed by atoms with E-state index in [1.807, 2.05) is 47.0 Å². The lowest BCUT2D eigenvalue weighted by atomic mass is 10.0. The molecule has 2 aromatic carbocycles. The predicted octanol–water partition coefficient (Wildman–Crippen LogP) is 2.77. The predicted molar refractivity (Wildman–Crippen MR) is 85.0 cm³/mol. The van der Waals surface area contributed by atoms with Gasteiger partial charge in [-0.25, -0.2) is 0 Å². The second-order valence-electron chi connectivity index (χ2n) is 4.85. The third-order valence-corrected chi connectivity index (χ3v) is 3.78. The van der Waals surface area contributed by atoms with E-state index in [1.165, 1.54) is 0 Å². The van der Waals surface area contributed by atoms with E-state index in [9.17, 15) is 0 Å². The van der Waals surface area contributed by atoms with Gasteiger partial charge in [-0.15, -0.1) is 20.4 Å². The van der Waals surface area contributed by atoms with Crippen molar-refractivity contribution in [2.75, 3.05) is 0 Å². The van der Waals surface area contributed by atoms with E-state index in [1.54, 1.807) is 12.7 Å². The Hall–Kier alpha value is -3.06. The molecule has 112 valence electrons. The summed E-state index contributed by atoms with van der Waals surface area (Å²) in [6.07, 6.45) is 3.31. The zero-order chi connectivity index (χ0) is 15.6. The van der Waals surface area contributed by atoms with Crippen LogP contribution in [0.25, 0.3) is 28.2 Å². The Bertz CT molecular complexity index is 915. The van der Waals surface area contributed by atoms with Crippen LogP contribution in [-0.2, 0) is 0 Å². The van der Waals surface area contributed by atoms with Crippen molar-refractivity contribution in [2.24, 2.45) is 0 Å². The first-order chi connectivity index (χ1) is 11.3. The van der Waals surface area contributed by atoms with Crippen LogP contribution in [0.15, 0.2) is 55.1 Å². The highest BCUT2D eigenvalue weighted by Crippen LogP contribution is 2.31. The third kappa shape index (κ3) is 2.58. The molecule has 0 aliphatic heterocycles. The summed E-state index contributed by atoms with van der Waals surface area (Å²) >= 11 is 6.41. The van der Waals surface area contributed by atoms with E-state index in [0.717, 1.165) is 22.4 Å². The number of hydrogen-bond donors (Lipinski definition) is 1. The van der Waals surface area contributed by atoms with Gasteiger partial charge in [0.1, 0.15) is 12.7 Å². The maximum Gasteiger partial charge on any atom is 0.204 e. The van der Waals surface area contributed by atoms with Gasteiger partial charge < -0.3 is 0 Å². The first-order valence-electron chi connectivity index (χ1n) is 6.80. The average molecular weight is 324 g/mol. The van der Waals surface area contributed by atoms with Gasteiger partial charge in [-0.2, -0.15) is 5.21 Å². The monoisotopic (exact) mass is 323 g/mol. The largest absolute Gasteiger partial charge is 0.288 e. The molecule has 8 heteroatoms. The van der Waals surface area contributed by atoms with Crippen LogP contribution in [0.1, 0.15) is 0 Å². The van der Waals surface area contributed by atoms with Crippen molar-refractivity contribution < 1.29 is 0 Å². The maximum atomic E-state index is 6.41. The lowest BCUT2D eigenvalue weighted by molar-refractivity contribution is 0.881. The van der Waals surface area contributed by atoms with Crippen LogP contribution in [0.5, 0.6) is 0 Å². The quantitative estimate of drug-likeness (QED) is 0.626. The van der Waals surface area contributed by atoms with Crippen molar-refractivity contribution in [3.05, 3.63) is 60.1 Å². The van der Waals surface area contributed by atoms with Crippen LogP contribution in [0.2, 0.25) is 5.02 Å². The molecule has 0 fully saturated rings. The zero-order valence-electron chi connectivity index (χ0n) is 11.8. The molecule has 0 saturated carbocycles. The molecule has 2 heterocycles. The summed E-state index contributed by atoms with van der Waals surface area (Å²) in [5.74, 6) is 0.515. The Morgan fingerprint density at radius 2 is 1.65 bits per heavy atom. The Labute approximate surface area is 136 Å². The second-order valence-corrected chi connectivity index (χ2v) is 5.25. The van der Waals surface area contributed by atoms with Gasteiger partial charge in [-0.3, -0.25) is 4.57 Å². The Kier molecular flexibility index (Phi) is 3.32. The minimum Gasteiger partial charge on any atom is -0.288 e. The fraction of sp³-hybridized carbons (Fsp3) is 0. The van der Waals surface area contributed by atoms with E-state index in [4.69, 9.17) is 11.6 Å². The number of H-pyrrole nitrogens is 1. The third-order valence-electron chi connectivity index (χ3n) is 3.47. The van der Waals surface area contributed by atoms with Crippen molar-refractivity contribution in [1.82, 2.24) is 35.4 Å². The molecule has 0 unspecified atom stereocenters. The lowest BCUT2D eigenvalue weighted by Gasteiger charge is -2.07. The number of nitrogens with zero attached hydrogens (tertiary/aromatic N) is 6. The van der Waals surface area contributed by atoms with Gasteiger partial charge in [0, 0.05) is 21.8 Å². The normalized spacial score (nSPS) is 10.8. The van der Waals surface area contributed by atoms with Gasteiger partial charge >= 0.3 is 0 Å². The molecule has 0 saturated heterocycles. The highest BCUT2D eigenvalue weighted by molar-refractivity contribution is 6.33. The zero-order valence-corrected chi connectivity index (χ0v) is 12.5. The number of hydrogen-bond acceptors (Lipinski definition) is 5. The van der Waals surface area contributed by atoms with E-state index >= 15 is 0 Å². The molecule has 1 N–H and O–H groups in total. The van der Waals surface area contributed by atoms with Crippen LogP contribution in [0, 0.1) is 0 Å². The molecular weight excluding hydrogens is 314 g/mol. The Morgan fingerprint density at radius 3 is 2.30 bits per heavy atom. The Balaban J connectivity index is 1.68. The molecule has 7 nitrogen and oxygen atoms in total. The van der Waals surface area contributed by atoms with E-state index < -0.39 is 0 Å². The van der Waals surface area contributed by atoms with Gasteiger partial charge in [0.25, 0.3) is 0 Å². The number of nitrogens with one attached hydrogen (secondary N) is 1. The number of rotatable bonds is 3. The van der Waals surface area contributed by atoms with Gasteiger partial charge in [0.05, 0.1) is 0 Å². The molecule has 0 atom stereocenters. The van der Waals surface area contributed by atoms with E-state index in [-0.39, 0.29) is 0 Å². The summed E-state index contributed by atoms with van der Waals surface area (Å²) in [6, 6.07) is 13.7. The van der Waals surface area contributed by atoms with Crippen molar-refractivity contribution in [2.45, 2.75) is 0 Å². The number of halogens is 1. The van der Waals surface area contributed by atoms with Crippen LogP contribution < -0.4 is 0 Å². The van der Waals surface area contributed by atoms with Crippen molar-refractivity contribution in [3.63, 3.8) is 0 Å². The van der Waals surface area contributed by atoms with Crippen molar-refractivity contribution in [3.8, 4) is 28.2 Å². The first-order valence-corrected chi connectivity index (χ1v) is 7.18. The number of benzene rings is 2. The van der Waals surface area contributed by atoms with Crippen LogP contribution >= 0.6 is 11.6 Å². The smallest absolute Gasteiger partial charge is 0.204 e. The fourth-order valence-corrected chi connectivity index (χ4v) is 2.61. The molecular formula is C15H10ClN7. The number of tetrazole rings is 1. The molecule has 0 radical (unpaired) electrons. The van der Waals surface area contributed by atoms with Crippen LogP contribution in [0.4, 0.5) is 0 Å². The topological polar surface area (TPSA) is 85.2 Å². The fourth-order valence-electron chi connectivity index (χ4n) is 2.32. The standard InChI is InChI=1S/C15H10ClN7/c16-14-7-11(15-19-21-22-20-15)3-6-13(14)10-1-4-12(5-2-10)23-8-17-18-9-23/h1-9H,(H,19,20,21,22). The van der Waals surface area contributed by atoms with Gasteiger partial charge in [-0.1, -0.05) is 35.9 Å². The van der Waals surface area contributed by atoms with Gasteiger partial charge in [-0.05, 0) is 29.0 Å². The average Bonchev–Trinajstić information content (AvgIpc) is 3.29. The summed E-state index contributed by atoms with van der Waals surface area (Å²) < 4.78 is 1.84. The molecule has 0 spiro atoms. The molecule has 0 amide bonds. The molecule has 23 heavy (non-hydrogen) atoms. The van der Waals surface area contributed by atoms with Crippen LogP contribution in [-0.4, -0.2) is 35.4 Å². The molecule has 2 aromatic heterocycles. The van der Waals surface area contributed by atoms with E-state index in [2.05, 4.69) is 30.8 Å². The highest BCUT2D eigenvalue weighted by atomic mass is 35.5. The van der Waals surface area contributed by atoms with Gasteiger partial charge in [0.2, 0.25) is 5.82 Å². The SMILES string of the molecule is Clc1cc(-c2nn[nH]n2)ccc1-c1ccc(-n2cnnc2)cc1. The maximum absolute atomic E-state index is 6.41. The molecule has 0 aliphatic rings. The van der Waals surface area contributed by atoms with Crippen LogP contribution in [0.3, 0.4) is 0 Å². The Morgan fingerprint density at radius 1 is 0.913 bits per heavy atom. The summed E-state index contributed by atoms with van der Waals surface area (Å²) in [7, 11) is 0. The summed E-state index contributed by atoms with van der Waals surface area (Å²) in [5.41, 5.74) is 3.76. The van der Waals surface area contributed by atoms with Crippen molar-refractivity contribution in [1.29, 1.82) is 0 Å². The minimum absolute atomic E-state index is 0.515. The van der Waals surface area contributed by atoms with Crippen molar-refractivity contribution >= 4 is 11.6 Å². The molecule has 0 aliphatic carbocycles. The number of aromatic amines is 1. The minimum atomic E-state index is 0.515. The van der Waals surface area contributed by atoms with Gasteiger partial charge in [0.15, 0.2) is 0 Å². The summed E-state index contributed by atoms with van der Waals surface area (Å²) in [6.45, 7) is 0.